The number of benzene rings is 3. The molecule has 4 rings (SSSR count). The van der Waals surface area contributed by atoms with E-state index in [9.17, 15) is 13.2 Å². The van der Waals surface area contributed by atoms with Gasteiger partial charge in [-0.3, -0.25) is 9.52 Å². The van der Waals surface area contributed by atoms with Crippen molar-refractivity contribution in [2.75, 3.05) is 25.0 Å². The minimum atomic E-state index is -3.83. The Balaban J connectivity index is 1.40. The second kappa shape index (κ2) is 9.93. The minimum Gasteiger partial charge on any atom is -0.486 e. The van der Waals surface area contributed by atoms with Crippen molar-refractivity contribution in [1.82, 2.24) is 5.32 Å². The first-order chi connectivity index (χ1) is 16.0. The number of carbonyl (C=O) groups is 1. The molecule has 0 unspecified atom stereocenters. The van der Waals surface area contributed by atoms with Gasteiger partial charge in [0.15, 0.2) is 11.5 Å². The molecule has 3 aromatic carbocycles. The van der Waals surface area contributed by atoms with Crippen LogP contribution >= 0.6 is 0 Å². The number of sulfonamides is 1. The maximum Gasteiger partial charge on any atom is 0.262 e. The van der Waals surface area contributed by atoms with Crippen LogP contribution in [0.4, 0.5) is 5.69 Å². The molecule has 0 fully saturated rings. The van der Waals surface area contributed by atoms with E-state index in [-0.39, 0.29) is 10.8 Å². The molecule has 172 valence electrons. The highest BCUT2D eigenvalue weighted by atomic mass is 32.2. The number of ether oxygens (including phenoxy) is 3. The monoisotopic (exact) mass is 468 g/mol. The molecular formula is C24H24N2O6S. The number of rotatable bonds is 8. The van der Waals surface area contributed by atoms with Gasteiger partial charge in [-0.15, -0.1) is 0 Å². The fourth-order valence-corrected chi connectivity index (χ4v) is 4.47. The third-order valence-corrected chi connectivity index (χ3v) is 6.46. The van der Waals surface area contributed by atoms with Gasteiger partial charge in [0.25, 0.3) is 15.9 Å². The van der Waals surface area contributed by atoms with Gasteiger partial charge in [0.1, 0.15) is 13.2 Å². The molecule has 8 nitrogen and oxygen atoms in total. The highest BCUT2D eigenvalue weighted by molar-refractivity contribution is 7.92. The van der Waals surface area contributed by atoms with Crippen molar-refractivity contribution in [2.24, 2.45) is 0 Å². The molecular weight excluding hydrogens is 444 g/mol. The second-order valence-corrected chi connectivity index (χ2v) is 9.06. The number of carbonyl (C=O) groups excluding carboxylic acids is 1. The average Bonchev–Trinajstić information content (AvgIpc) is 2.83. The van der Waals surface area contributed by atoms with Gasteiger partial charge in [0.2, 0.25) is 0 Å². The summed E-state index contributed by atoms with van der Waals surface area (Å²) >= 11 is 0. The Morgan fingerprint density at radius 2 is 1.64 bits per heavy atom. The standard InChI is InChI=1S/C24H24N2O6S/c1-30-16-19-5-3-2-4-18(19)15-25-24(27)17-6-8-20(9-7-17)26-33(28,29)21-10-11-22-23(14-21)32-13-12-31-22/h2-11,14,26H,12-13,15-16H2,1H3,(H,25,27). The van der Waals surface area contributed by atoms with Crippen LogP contribution in [0.3, 0.4) is 0 Å². The first-order valence-electron chi connectivity index (χ1n) is 10.3. The molecule has 0 saturated carbocycles. The summed E-state index contributed by atoms with van der Waals surface area (Å²) in [5.74, 6) is 0.645. The summed E-state index contributed by atoms with van der Waals surface area (Å²) in [6, 6.07) is 18.4. The predicted molar refractivity (Wildman–Crippen MR) is 123 cm³/mol. The van der Waals surface area contributed by atoms with E-state index < -0.39 is 10.0 Å². The molecule has 0 saturated heterocycles. The van der Waals surface area contributed by atoms with Crippen LogP contribution in [0.5, 0.6) is 11.5 Å². The normalized spacial score (nSPS) is 12.8. The molecule has 0 atom stereocenters. The summed E-state index contributed by atoms with van der Waals surface area (Å²) in [5.41, 5.74) is 2.73. The van der Waals surface area contributed by atoms with Crippen LogP contribution in [0, 0.1) is 0 Å². The van der Waals surface area contributed by atoms with Crippen LogP contribution < -0.4 is 19.5 Å². The lowest BCUT2D eigenvalue weighted by Crippen LogP contribution is -2.23. The minimum absolute atomic E-state index is 0.0586. The zero-order chi connectivity index (χ0) is 23.3. The van der Waals surface area contributed by atoms with E-state index in [2.05, 4.69) is 10.0 Å². The fourth-order valence-electron chi connectivity index (χ4n) is 3.40. The molecule has 0 spiro atoms. The Morgan fingerprint density at radius 1 is 0.939 bits per heavy atom. The van der Waals surface area contributed by atoms with E-state index in [1.54, 1.807) is 37.4 Å². The van der Waals surface area contributed by atoms with Crippen LogP contribution in [-0.2, 0) is 27.9 Å². The smallest absolute Gasteiger partial charge is 0.262 e. The molecule has 0 aliphatic carbocycles. The maximum absolute atomic E-state index is 12.8. The molecule has 9 heteroatoms. The van der Waals surface area contributed by atoms with Gasteiger partial charge in [-0.1, -0.05) is 24.3 Å². The van der Waals surface area contributed by atoms with E-state index in [1.165, 1.54) is 12.1 Å². The zero-order valence-corrected chi connectivity index (χ0v) is 18.9. The largest absolute Gasteiger partial charge is 0.486 e. The van der Waals surface area contributed by atoms with Gasteiger partial charge in [0.05, 0.1) is 11.5 Å². The van der Waals surface area contributed by atoms with E-state index in [4.69, 9.17) is 14.2 Å². The van der Waals surface area contributed by atoms with E-state index in [0.717, 1.165) is 11.1 Å². The highest BCUT2D eigenvalue weighted by Gasteiger charge is 2.19. The van der Waals surface area contributed by atoms with Crippen molar-refractivity contribution in [3.05, 3.63) is 83.4 Å². The van der Waals surface area contributed by atoms with Gasteiger partial charge < -0.3 is 19.5 Å². The number of nitrogens with one attached hydrogen (secondary N) is 2. The van der Waals surface area contributed by atoms with Crippen LogP contribution in [0.15, 0.2) is 71.6 Å². The van der Waals surface area contributed by atoms with Crippen molar-refractivity contribution >= 4 is 21.6 Å². The number of hydrogen-bond donors (Lipinski definition) is 2. The Hall–Kier alpha value is -3.56. The Morgan fingerprint density at radius 3 is 2.36 bits per heavy atom. The van der Waals surface area contributed by atoms with Crippen LogP contribution in [-0.4, -0.2) is 34.6 Å². The van der Waals surface area contributed by atoms with Crippen molar-refractivity contribution in [2.45, 2.75) is 18.0 Å². The molecule has 1 heterocycles. The quantitative estimate of drug-likeness (QED) is 0.526. The van der Waals surface area contributed by atoms with Crippen LogP contribution in [0.1, 0.15) is 21.5 Å². The van der Waals surface area contributed by atoms with Gasteiger partial charge in [0, 0.05) is 31.0 Å². The molecule has 1 aliphatic rings. The van der Waals surface area contributed by atoms with Crippen molar-refractivity contribution in [3.63, 3.8) is 0 Å². The van der Waals surface area contributed by atoms with Crippen LogP contribution in [0.2, 0.25) is 0 Å². The third-order valence-electron chi connectivity index (χ3n) is 5.08. The Labute approximate surface area is 192 Å². The van der Waals surface area contributed by atoms with Gasteiger partial charge in [-0.05, 0) is 47.5 Å². The first-order valence-corrected chi connectivity index (χ1v) is 11.8. The molecule has 0 aromatic heterocycles. The van der Waals surface area contributed by atoms with Gasteiger partial charge in [-0.25, -0.2) is 8.42 Å². The molecule has 1 aliphatic heterocycles. The number of hydrogen-bond acceptors (Lipinski definition) is 6. The van der Waals surface area contributed by atoms with Crippen molar-refractivity contribution < 1.29 is 27.4 Å². The summed E-state index contributed by atoms with van der Waals surface area (Å²) in [5, 5.41) is 2.88. The Bertz CT molecular complexity index is 1240. The maximum atomic E-state index is 12.8. The Kier molecular flexibility index (Phi) is 6.81. The van der Waals surface area contributed by atoms with Crippen molar-refractivity contribution in [1.29, 1.82) is 0 Å². The molecule has 0 radical (unpaired) electrons. The summed E-state index contributed by atoms with van der Waals surface area (Å²) in [4.78, 5) is 12.6. The van der Waals surface area contributed by atoms with Gasteiger partial charge in [-0.2, -0.15) is 0 Å². The van der Waals surface area contributed by atoms with Crippen molar-refractivity contribution in [3.8, 4) is 11.5 Å². The lowest BCUT2D eigenvalue weighted by Gasteiger charge is -2.19. The average molecular weight is 469 g/mol. The fraction of sp³-hybridized carbons (Fsp3) is 0.208. The topological polar surface area (TPSA) is 103 Å². The van der Waals surface area contributed by atoms with E-state index in [0.29, 0.717) is 49.1 Å². The first kappa shape index (κ1) is 22.6. The second-order valence-electron chi connectivity index (χ2n) is 7.37. The number of anilines is 1. The summed E-state index contributed by atoms with van der Waals surface area (Å²) in [6.45, 7) is 1.61. The summed E-state index contributed by atoms with van der Waals surface area (Å²) in [7, 11) is -2.21. The summed E-state index contributed by atoms with van der Waals surface area (Å²) < 4.78 is 44.1. The number of amides is 1. The zero-order valence-electron chi connectivity index (χ0n) is 18.0. The predicted octanol–water partition coefficient (Wildman–Crippen LogP) is 3.34. The van der Waals surface area contributed by atoms with Crippen LogP contribution in [0.25, 0.3) is 0 Å². The highest BCUT2D eigenvalue weighted by Crippen LogP contribution is 2.32. The SMILES string of the molecule is COCc1ccccc1CNC(=O)c1ccc(NS(=O)(=O)c2ccc3c(c2)OCCO3)cc1. The lowest BCUT2D eigenvalue weighted by molar-refractivity contribution is 0.0950. The molecule has 33 heavy (non-hydrogen) atoms. The van der Waals surface area contributed by atoms with E-state index in [1.807, 2.05) is 24.3 Å². The molecule has 0 bridgehead atoms. The molecule has 3 aromatic rings. The number of methoxy groups -OCH3 is 1. The number of fused-ring (bicyclic) bond motifs is 1. The third kappa shape index (κ3) is 5.44. The summed E-state index contributed by atoms with van der Waals surface area (Å²) in [6.07, 6.45) is 0. The van der Waals surface area contributed by atoms with E-state index >= 15 is 0 Å². The molecule has 2 N–H and O–H groups in total. The molecule has 1 amide bonds. The van der Waals surface area contributed by atoms with Gasteiger partial charge >= 0.3 is 0 Å². The lowest BCUT2D eigenvalue weighted by atomic mass is 10.1.